The van der Waals surface area contributed by atoms with Crippen LogP contribution in [0.2, 0.25) is 0 Å². The van der Waals surface area contributed by atoms with Crippen LogP contribution >= 0.6 is 15.9 Å². The lowest BCUT2D eigenvalue weighted by molar-refractivity contribution is -0.384. The summed E-state index contributed by atoms with van der Waals surface area (Å²) in [5.74, 6) is -0.881. The third-order valence-electron chi connectivity index (χ3n) is 3.85. The van der Waals surface area contributed by atoms with Crippen molar-refractivity contribution in [1.29, 1.82) is 0 Å². The molecule has 0 spiro atoms. The molecule has 3 rings (SSSR count). The number of benzene rings is 2. The number of furan rings is 1. The van der Waals surface area contributed by atoms with E-state index in [1.54, 1.807) is 18.2 Å². The quantitative estimate of drug-likeness (QED) is 0.239. The van der Waals surface area contributed by atoms with Crippen LogP contribution in [0.5, 0.6) is 5.75 Å². The van der Waals surface area contributed by atoms with Crippen LogP contribution in [-0.4, -0.2) is 36.7 Å². The first-order chi connectivity index (χ1) is 14.4. The predicted octanol–water partition coefficient (Wildman–Crippen LogP) is 3.42. The number of methoxy groups -OCH3 is 1. The van der Waals surface area contributed by atoms with E-state index in [0.717, 1.165) is 4.47 Å². The number of esters is 1. The largest absolute Gasteiger partial charge is 0.481 e. The van der Waals surface area contributed by atoms with Gasteiger partial charge in [0.05, 0.1) is 18.2 Å². The second-order valence-corrected chi connectivity index (χ2v) is 6.75. The minimum atomic E-state index is -0.642. The van der Waals surface area contributed by atoms with E-state index >= 15 is 0 Å². The van der Waals surface area contributed by atoms with Crippen LogP contribution in [0.1, 0.15) is 16.1 Å². The molecule has 1 aromatic heterocycles. The molecule has 0 aliphatic heterocycles. The van der Waals surface area contributed by atoms with E-state index in [0.29, 0.717) is 22.3 Å². The Kier molecular flexibility index (Phi) is 6.42. The average molecular weight is 476 g/mol. The summed E-state index contributed by atoms with van der Waals surface area (Å²) in [6, 6.07) is 10.4. The van der Waals surface area contributed by atoms with E-state index in [4.69, 9.17) is 9.15 Å². The Bertz CT molecular complexity index is 1160. The summed E-state index contributed by atoms with van der Waals surface area (Å²) < 4.78 is 16.0. The van der Waals surface area contributed by atoms with Crippen LogP contribution in [0.15, 0.2) is 56.5 Å². The number of hydrogen-bond donors (Lipinski definition) is 1. The van der Waals surface area contributed by atoms with Gasteiger partial charge in [0.15, 0.2) is 12.4 Å². The van der Waals surface area contributed by atoms with Gasteiger partial charge in [0.1, 0.15) is 11.3 Å². The number of carbonyl (C=O) groups excluding carboxylic acids is 2. The van der Waals surface area contributed by atoms with E-state index in [1.807, 2.05) is 0 Å². The maximum Gasteiger partial charge on any atom is 0.343 e. The molecule has 0 saturated heterocycles. The third-order valence-corrected chi connectivity index (χ3v) is 4.34. The molecule has 154 valence electrons. The smallest absolute Gasteiger partial charge is 0.343 e. The first-order valence-electron chi connectivity index (χ1n) is 8.38. The highest BCUT2D eigenvalue weighted by molar-refractivity contribution is 9.10. The fourth-order valence-electron chi connectivity index (χ4n) is 2.42. The van der Waals surface area contributed by atoms with Gasteiger partial charge in [0, 0.05) is 27.6 Å². The van der Waals surface area contributed by atoms with Crippen LogP contribution in [0.3, 0.4) is 0 Å². The van der Waals surface area contributed by atoms with Gasteiger partial charge in [-0.15, -0.1) is 0 Å². The molecule has 3 aromatic rings. The number of fused-ring (bicyclic) bond motifs is 1. The molecule has 0 aliphatic carbocycles. The summed E-state index contributed by atoms with van der Waals surface area (Å²) in [6.45, 7) is -0.281. The van der Waals surface area contributed by atoms with Crippen LogP contribution < -0.4 is 10.2 Å². The molecular formula is C19H14BrN3O7. The maximum atomic E-state index is 12.3. The van der Waals surface area contributed by atoms with Crippen LogP contribution in [0, 0.1) is 10.1 Å². The number of nitro benzene ring substituents is 1. The van der Waals surface area contributed by atoms with Crippen molar-refractivity contribution in [2.75, 3.05) is 13.7 Å². The number of hydrogen-bond acceptors (Lipinski definition) is 8. The molecule has 2 aromatic carbocycles. The van der Waals surface area contributed by atoms with Crippen molar-refractivity contribution >= 4 is 50.7 Å². The van der Waals surface area contributed by atoms with E-state index in [9.17, 15) is 19.7 Å². The molecule has 1 heterocycles. The number of halogens is 1. The molecule has 1 amide bonds. The topological polar surface area (TPSA) is 133 Å². The van der Waals surface area contributed by atoms with Crippen molar-refractivity contribution in [2.24, 2.45) is 5.10 Å². The number of ether oxygens (including phenoxy) is 2. The van der Waals surface area contributed by atoms with Crippen molar-refractivity contribution in [3.8, 4) is 5.75 Å². The van der Waals surface area contributed by atoms with Gasteiger partial charge in [-0.1, -0.05) is 15.9 Å². The number of nitro groups is 1. The number of carbonyl (C=O) groups is 2. The summed E-state index contributed by atoms with van der Waals surface area (Å²) in [7, 11) is 1.25. The first-order valence-corrected chi connectivity index (χ1v) is 9.17. The minimum absolute atomic E-state index is 0.0564. The molecule has 0 saturated carbocycles. The second-order valence-electron chi connectivity index (χ2n) is 5.84. The maximum absolute atomic E-state index is 12.3. The summed E-state index contributed by atoms with van der Waals surface area (Å²) in [4.78, 5) is 33.9. The number of non-ortho nitro benzene ring substituents is 1. The Morgan fingerprint density at radius 1 is 1.27 bits per heavy atom. The van der Waals surface area contributed by atoms with E-state index < -0.39 is 16.8 Å². The fourth-order valence-corrected chi connectivity index (χ4v) is 2.80. The highest BCUT2D eigenvalue weighted by atomic mass is 79.9. The van der Waals surface area contributed by atoms with E-state index in [-0.39, 0.29) is 18.1 Å². The molecule has 11 heteroatoms. The molecule has 0 aliphatic rings. The standard InChI is InChI=1S/C19H14BrN3O7/c1-28-18(24)10-29-15-4-2-13(20)6-12(15)9-21-22-19(25)17-8-11-7-14(23(26)27)3-5-16(11)30-17/h2-9H,10H2,1H3,(H,22,25)/b21-9-. The number of amides is 1. The van der Waals surface area contributed by atoms with Gasteiger partial charge in [-0.3, -0.25) is 14.9 Å². The van der Waals surface area contributed by atoms with Gasteiger partial charge in [-0.05, 0) is 30.3 Å². The number of hydrazone groups is 1. The van der Waals surface area contributed by atoms with Gasteiger partial charge < -0.3 is 13.9 Å². The Hall–Kier alpha value is -3.73. The monoisotopic (exact) mass is 475 g/mol. The summed E-state index contributed by atoms with van der Waals surface area (Å²) in [5.41, 5.74) is 3.03. The van der Waals surface area contributed by atoms with Crippen LogP contribution in [0.4, 0.5) is 5.69 Å². The molecule has 1 N–H and O–H groups in total. The molecule has 0 unspecified atom stereocenters. The average Bonchev–Trinajstić information content (AvgIpc) is 3.16. The van der Waals surface area contributed by atoms with E-state index in [1.165, 1.54) is 37.6 Å². The van der Waals surface area contributed by atoms with Crippen LogP contribution in [0.25, 0.3) is 11.0 Å². The first kappa shape index (κ1) is 21.0. The Morgan fingerprint density at radius 3 is 2.80 bits per heavy atom. The lowest BCUT2D eigenvalue weighted by Gasteiger charge is -2.08. The van der Waals surface area contributed by atoms with Crippen molar-refractivity contribution in [2.45, 2.75) is 0 Å². The normalized spacial score (nSPS) is 10.9. The molecule has 0 bridgehead atoms. The lowest BCUT2D eigenvalue weighted by Crippen LogP contribution is -2.17. The Labute approximate surface area is 177 Å². The fraction of sp³-hybridized carbons (Fsp3) is 0.105. The van der Waals surface area contributed by atoms with Gasteiger partial charge in [-0.2, -0.15) is 5.10 Å². The molecule has 0 fully saturated rings. The summed E-state index contributed by atoms with van der Waals surface area (Å²) >= 11 is 3.32. The number of nitrogens with zero attached hydrogens (tertiary/aromatic N) is 2. The van der Waals surface area contributed by atoms with Crippen molar-refractivity contribution in [1.82, 2.24) is 5.43 Å². The number of rotatable bonds is 7. The number of nitrogens with one attached hydrogen (secondary N) is 1. The zero-order valence-electron chi connectivity index (χ0n) is 15.5. The second kappa shape index (κ2) is 9.18. The summed E-state index contributed by atoms with van der Waals surface area (Å²) in [5, 5.41) is 15.1. The molecule has 30 heavy (non-hydrogen) atoms. The van der Waals surface area contributed by atoms with Crippen molar-refractivity contribution in [3.63, 3.8) is 0 Å². The lowest BCUT2D eigenvalue weighted by atomic mass is 10.2. The predicted molar refractivity (Wildman–Crippen MR) is 110 cm³/mol. The van der Waals surface area contributed by atoms with Crippen molar-refractivity contribution < 1.29 is 28.4 Å². The SMILES string of the molecule is COC(=O)COc1ccc(Br)cc1/C=N\NC(=O)c1cc2cc([N+](=O)[O-])ccc2o1. The van der Waals surface area contributed by atoms with E-state index in [2.05, 4.69) is 31.2 Å². The zero-order valence-corrected chi connectivity index (χ0v) is 17.0. The molecule has 0 radical (unpaired) electrons. The van der Waals surface area contributed by atoms with Gasteiger partial charge >= 0.3 is 11.9 Å². The highest BCUT2D eigenvalue weighted by Crippen LogP contribution is 2.24. The molecule has 10 nitrogen and oxygen atoms in total. The minimum Gasteiger partial charge on any atom is -0.481 e. The third kappa shape index (κ3) is 5.00. The van der Waals surface area contributed by atoms with Gasteiger partial charge in [-0.25, -0.2) is 10.2 Å². The van der Waals surface area contributed by atoms with Crippen molar-refractivity contribution in [3.05, 3.63) is 68.4 Å². The Morgan fingerprint density at radius 2 is 2.07 bits per heavy atom. The van der Waals surface area contributed by atoms with Crippen LogP contribution in [-0.2, 0) is 9.53 Å². The van der Waals surface area contributed by atoms with Gasteiger partial charge in [0.2, 0.25) is 0 Å². The molecular weight excluding hydrogens is 462 g/mol. The van der Waals surface area contributed by atoms with Gasteiger partial charge in [0.25, 0.3) is 5.69 Å². The zero-order chi connectivity index (χ0) is 21.7. The highest BCUT2D eigenvalue weighted by Gasteiger charge is 2.15. The Balaban J connectivity index is 1.72. The summed E-state index contributed by atoms with van der Waals surface area (Å²) in [6.07, 6.45) is 1.34. The molecule has 0 atom stereocenters.